The molecule has 3 aromatic rings. The number of sulfonamides is 1. The average Bonchev–Trinajstić information content (AvgIpc) is 3.02. The van der Waals surface area contributed by atoms with Crippen LogP contribution in [-0.2, 0) is 16.6 Å². The minimum atomic E-state index is -3.74. The molecule has 0 atom stereocenters. The van der Waals surface area contributed by atoms with Crippen molar-refractivity contribution in [2.75, 3.05) is 0 Å². The van der Waals surface area contributed by atoms with E-state index >= 15 is 0 Å². The van der Waals surface area contributed by atoms with E-state index in [9.17, 15) is 8.42 Å². The summed E-state index contributed by atoms with van der Waals surface area (Å²) in [7, 11) is -3.74. The first-order valence-corrected chi connectivity index (χ1v) is 10.0. The van der Waals surface area contributed by atoms with Gasteiger partial charge in [0, 0.05) is 16.0 Å². The second kappa shape index (κ2) is 7.21. The van der Waals surface area contributed by atoms with Gasteiger partial charge >= 0.3 is 0 Å². The highest BCUT2D eigenvalue weighted by atomic mass is 35.5. The molecule has 0 spiro atoms. The maximum atomic E-state index is 12.4. The van der Waals surface area contributed by atoms with Gasteiger partial charge in [-0.25, -0.2) is 18.1 Å². The molecule has 0 aliphatic heterocycles. The van der Waals surface area contributed by atoms with Crippen LogP contribution < -0.4 is 4.72 Å². The van der Waals surface area contributed by atoms with Crippen LogP contribution in [0.2, 0.25) is 10.0 Å². The van der Waals surface area contributed by atoms with Gasteiger partial charge in [0.25, 0.3) is 0 Å². The molecule has 0 amide bonds. The van der Waals surface area contributed by atoms with Gasteiger partial charge in [0.2, 0.25) is 10.0 Å². The predicted molar refractivity (Wildman–Crippen MR) is 98.0 cm³/mol. The Morgan fingerprint density at radius 2 is 1.83 bits per heavy atom. The molecule has 0 saturated heterocycles. The van der Waals surface area contributed by atoms with Gasteiger partial charge in [-0.15, -0.1) is 11.3 Å². The second-order valence-electron chi connectivity index (χ2n) is 4.91. The van der Waals surface area contributed by atoms with E-state index in [0.717, 1.165) is 10.6 Å². The molecule has 1 aromatic heterocycles. The molecule has 4 nitrogen and oxygen atoms in total. The van der Waals surface area contributed by atoms with Crippen LogP contribution in [0.4, 0.5) is 0 Å². The highest BCUT2D eigenvalue weighted by molar-refractivity contribution is 7.89. The zero-order valence-electron chi connectivity index (χ0n) is 12.2. The highest BCUT2D eigenvalue weighted by Gasteiger charge is 2.18. The minimum absolute atomic E-state index is 0.00733. The first-order chi connectivity index (χ1) is 11.5. The zero-order valence-corrected chi connectivity index (χ0v) is 15.4. The van der Waals surface area contributed by atoms with Crippen LogP contribution in [0.5, 0.6) is 0 Å². The van der Waals surface area contributed by atoms with Crippen LogP contribution in [-0.4, -0.2) is 13.4 Å². The first kappa shape index (κ1) is 17.4. The topological polar surface area (TPSA) is 59.1 Å². The predicted octanol–water partition coefficient (Wildman–Crippen LogP) is 4.60. The maximum Gasteiger partial charge on any atom is 0.242 e. The Labute approximate surface area is 154 Å². The van der Waals surface area contributed by atoms with Crippen LogP contribution in [0.1, 0.15) is 5.69 Å². The van der Waals surface area contributed by atoms with E-state index in [1.54, 1.807) is 0 Å². The Balaban J connectivity index is 1.75. The molecule has 0 aliphatic rings. The van der Waals surface area contributed by atoms with Gasteiger partial charge in [-0.3, -0.25) is 0 Å². The van der Waals surface area contributed by atoms with Crippen molar-refractivity contribution >= 4 is 44.6 Å². The SMILES string of the molecule is O=S(=O)(NCc1csc(-c2ccccc2)n1)c1ccc(Cl)cc1Cl. The molecule has 1 heterocycles. The second-order valence-corrected chi connectivity index (χ2v) is 8.35. The van der Waals surface area contributed by atoms with Gasteiger partial charge in [0.05, 0.1) is 17.3 Å². The molecule has 3 rings (SSSR count). The van der Waals surface area contributed by atoms with Crippen molar-refractivity contribution in [2.24, 2.45) is 0 Å². The quantitative estimate of drug-likeness (QED) is 0.683. The number of aromatic nitrogens is 1. The molecule has 0 aliphatic carbocycles. The fourth-order valence-electron chi connectivity index (χ4n) is 2.04. The summed E-state index contributed by atoms with van der Waals surface area (Å²) in [5.41, 5.74) is 1.64. The van der Waals surface area contributed by atoms with Crippen molar-refractivity contribution in [2.45, 2.75) is 11.4 Å². The van der Waals surface area contributed by atoms with Crippen molar-refractivity contribution in [1.82, 2.24) is 9.71 Å². The zero-order chi connectivity index (χ0) is 17.2. The van der Waals surface area contributed by atoms with E-state index in [-0.39, 0.29) is 16.5 Å². The van der Waals surface area contributed by atoms with Crippen LogP contribution in [0.3, 0.4) is 0 Å². The summed E-state index contributed by atoms with van der Waals surface area (Å²) >= 11 is 13.2. The van der Waals surface area contributed by atoms with Crippen molar-refractivity contribution in [3.63, 3.8) is 0 Å². The largest absolute Gasteiger partial charge is 0.242 e. The molecule has 1 N–H and O–H groups in total. The average molecular weight is 399 g/mol. The van der Waals surface area contributed by atoms with Crippen LogP contribution in [0.15, 0.2) is 58.8 Å². The monoisotopic (exact) mass is 398 g/mol. The molecule has 0 bridgehead atoms. The number of thiazole rings is 1. The lowest BCUT2D eigenvalue weighted by atomic mass is 10.2. The van der Waals surface area contributed by atoms with Gasteiger partial charge in [0.1, 0.15) is 9.90 Å². The van der Waals surface area contributed by atoms with Crippen LogP contribution in [0.25, 0.3) is 10.6 Å². The van der Waals surface area contributed by atoms with Crippen molar-refractivity contribution in [1.29, 1.82) is 0 Å². The summed E-state index contributed by atoms with van der Waals surface area (Å²) in [6.45, 7) is 0.0879. The maximum absolute atomic E-state index is 12.4. The van der Waals surface area contributed by atoms with Crippen molar-refractivity contribution < 1.29 is 8.42 Å². The lowest BCUT2D eigenvalue weighted by Crippen LogP contribution is -2.23. The summed E-state index contributed by atoms with van der Waals surface area (Å²) in [4.78, 5) is 4.44. The van der Waals surface area contributed by atoms with Gasteiger partial charge in [0.15, 0.2) is 0 Å². The molecule has 24 heavy (non-hydrogen) atoms. The number of nitrogens with one attached hydrogen (secondary N) is 1. The fourth-order valence-corrected chi connectivity index (χ4v) is 4.64. The fraction of sp³-hybridized carbons (Fsp3) is 0.0625. The molecule has 0 radical (unpaired) electrons. The summed E-state index contributed by atoms with van der Waals surface area (Å²) in [6.07, 6.45) is 0. The van der Waals surface area contributed by atoms with Crippen LogP contribution >= 0.6 is 34.5 Å². The third-order valence-corrected chi connectivity index (χ3v) is 6.26. The lowest BCUT2D eigenvalue weighted by Gasteiger charge is -2.07. The Morgan fingerprint density at radius 1 is 1.08 bits per heavy atom. The van der Waals surface area contributed by atoms with Gasteiger partial charge in [-0.05, 0) is 18.2 Å². The van der Waals surface area contributed by atoms with Crippen LogP contribution in [0, 0.1) is 0 Å². The molecule has 0 unspecified atom stereocenters. The molecule has 0 fully saturated rings. The first-order valence-electron chi connectivity index (χ1n) is 6.90. The number of rotatable bonds is 5. The summed E-state index contributed by atoms with van der Waals surface area (Å²) in [5.74, 6) is 0. The van der Waals surface area contributed by atoms with E-state index < -0.39 is 10.0 Å². The minimum Gasteiger partial charge on any atom is -0.240 e. The standard InChI is InChI=1S/C16H12Cl2N2O2S2/c17-12-6-7-15(14(18)8-12)24(21,22)19-9-13-10-23-16(20-13)11-4-2-1-3-5-11/h1-8,10,19H,9H2. The van der Waals surface area contributed by atoms with E-state index in [2.05, 4.69) is 9.71 Å². The lowest BCUT2D eigenvalue weighted by molar-refractivity contribution is 0.580. The van der Waals surface area contributed by atoms with Gasteiger partial charge in [-0.1, -0.05) is 53.5 Å². The number of benzene rings is 2. The third kappa shape index (κ3) is 3.96. The van der Waals surface area contributed by atoms with Gasteiger partial charge < -0.3 is 0 Å². The highest BCUT2D eigenvalue weighted by Crippen LogP contribution is 2.26. The Hall–Kier alpha value is -1.44. The molecular formula is C16H12Cl2N2O2S2. The van der Waals surface area contributed by atoms with Crippen molar-refractivity contribution in [3.05, 3.63) is 69.7 Å². The summed E-state index contributed by atoms with van der Waals surface area (Å²) < 4.78 is 27.2. The normalized spacial score (nSPS) is 11.6. The molecular weight excluding hydrogens is 387 g/mol. The Kier molecular flexibility index (Phi) is 5.22. The van der Waals surface area contributed by atoms with E-state index in [4.69, 9.17) is 23.2 Å². The summed E-state index contributed by atoms with van der Waals surface area (Å²) in [6, 6.07) is 14.0. The van der Waals surface area contributed by atoms with E-state index in [0.29, 0.717) is 10.7 Å². The Bertz CT molecular complexity index is 957. The van der Waals surface area contributed by atoms with E-state index in [1.165, 1.54) is 29.5 Å². The summed E-state index contributed by atoms with van der Waals surface area (Å²) in [5, 5.41) is 3.13. The smallest absolute Gasteiger partial charge is 0.240 e. The Morgan fingerprint density at radius 3 is 2.54 bits per heavy atom. The van der Waals surface area contributed by atoms with Gasteiger partial charge in [-0.2, -0.15) is 0 Å². The molecule has 8 heteroatoms. The van der Waals surface area contributed by atoms with E-state index in [1.807, 2.05) is 35.7 Å². The number of nitrogens with zero attached hydrogens (tertiary/aromatic N) is 1. The number of hydrogen-bond acceptors (Lipinski definition) is 4. The van der Waals surface area contributed by atoms with Crippen molar-refractivity contribution in [3.8, 4) is 10.6 Å². The number of hydrogen-bond donors (Lipinski definition) is 1. The molecule has 0 saturated carbocycles. The number of halogens is 2. The molecule has 2 aromatic carbocycles. The third-order valence-electron chi connectivity index (χ3n) is 3.20. The molecule has 124 valence electrons.